The third kappa shape index (κ3) is 9.55. The van der Waals surface area contributed by atoms with Crippen molar-refractivity contribution in [1.29, 1.82) is 0 Å². The van der Waals surface area contributed by atoms with Gasteiger partial charge < -0.3 is 31.9 Å². The van der Waals surface area contributed by atoms with E-state index in [1.54, 1.807) is 60.7 Å². The third-order valence-electron chi connectivity index (χ3n) is 5.30. The Labute approximate surface area is 208 Å². The molecule has 11 heteroatoms. The Morgan fingerprint density at radius 2 is 1.14 bits per heavy atom. The van der Waals surface area contributed by atoms with E-state index in [4.69, 9.17) is 10.8 Å². The van der Waals surface area contributed by atoms with E-state index in [0.717, 1.165) is 5.56 Å². The number of nitrogens with two attached hydrogens (primary N) is 1. The largest absolute Gasteiger partial charge is 0.481 e. The molecule has 2 aromatic carbocycles. The maximum Gasteiger partial charge on any atom is 0.326 e. The smallest absolute Gasteiger partial charge is 0.326 e. The van der Waals surface area contributed by atoms with E-state index in [1.165, 1.54) is 0 Å². The van der Waals surface area contributed by atoms with Gasteiger partial charge in [0.15, 0.2) is 0 Å². The summed E-state index contributed by atoms with van der Waals surface area (Å²) >= 11 is 0. The number of benzene rings is 2. The van der Waals surface area contributed by atoms with Crippen molar-refractivity contribution in [1.82, 2.24) is 16.0 Å². The minimum absolute atomic E-state index is 0.0343. The molecule has 2 rings (SSSR count). The van der Waals surface area contributed by atoms with Crippen molar-refractivity contribution in [3.05, 3.63) is 71.8 Å². The van der Waals surface area contributed by atoms with Gasteiger partial charge in [0.1, 0.15) is 18.1 Å². The van der Waals surface area contributed by atoms with E-state index in [1.807, 2.05) is 0 Å². The molecule has 3 unspecified atom stereocenters. The summed E-state index contributed by atoms with van der Waals surface area (Å²) in [5, 5.41) is 25.8. The zero-order valence-electron chi connectivity index (χ0n) is 19.6. The maximum atomic E-state index is 13.2. The first-order valence-electron chi connectivity index (χ1n) is 11.3. The molecule has 2 aromatic rings. The van der Waals surface area contributed by atoms with Gasteiger partial charge in [0.05, 0.1) is 6.54 Å². The van der Waals surface area contributed by atoms with Crippen molar-refractivity contribution in [2.45, 2.75) is 43.8 Å². The van der Waals surface area contributed by atoms with Crippen molar-refractivity contribution >= 4 is 29.7 Å². The van der Waals surface area contributed by atoms with Crippen LogP contribution in [0.2, 0.25) is 0 Å². The standard InChI is InChI=1S/C25H30N4O7/c26-15-21(30)27-19(13-16-7-3-1-4-8-16)23(33)29-20(14-17-9-5-2-6-10-17)24(34)28-18(25(35)36)11-12-22(31)32/h1-10,18-20H,11-15,26H2,(H,27,30)(H,28,34)(H,29,33)(H,31,32)(H,35,36). The van der Waals surface area contributed by atoms with Gasteiger partial charge in [0, 0.05) is 19.3 Å². The van der Waals surface area contributed by atoms with Crippen LogP contribution in [-0.2, 0) is 36.8 Å². The zero-order chi connectivity index (χ0) is 26.5. The molecule has 7 N–H and O–H groups in total. The van der Waals surface area contributed by atoms with E-state index < -0.39 is 54.2 Å². The predicted molar refractivity (Wildman–Crippen MR) is 130 cm³/mol. The fourth-order valence-electron chi connectivity index (χ4n) is 3.44. The Bertz CT molecular complexity index is 1050. The van der Waals surface area contributed by atoms with Crippen LogP contribution in [0.1, 0.15) is 24.0 Å². The number of nitrogens with one attached hydrogen (secondary N) is 3. The van der Waals surface area contributed by atoms with Crippen molar-refractivity contribution in [2.75, 3.05) is 6.54 Å². The van der Waals surface area contributed by atoms with Crippen LogP contribution in [0, 0.1) is 0 Å². The molecule has 0 spiro atoms. The summed E-state index contributed by atoms with van der Waals surface area (Å²) in [4.78, 5) is 60.6. The molecule has 3 amide bonds. The second-order valence-electron chi connectivity index (χ2n) is 8.10. The van der Waals surface area contributed by atoms with E-state index in [9.17, 15) is 29.1 Å². The minimum atomic E-state index is -1.46. The zero-order valence-corrected chi connectivity index (χ0v) is 19.6. The van der Waals surface area contributed by atoms with E-state index in [0.29, 0.717) is 5.56 Å². The molecule has 0 aromatic heterocycles. The lowest BCUT2D eigenvalue weighted by Crippen LogP contribution is -2.57. The first kappa shape index (κ1) is 28.0. The first-order valence-corrected chi connectivity index (χ1v) is 11.3. The Morgan fingerprint density at radius 1 is 0.694 bits per heavy atom. The quantitative estimate of drug-likeness (QED) is 0.207. The lowest BCUT2D eigenvalue weighted by molar-refractivity contribution is -0.143. The fourth-order valence-corrected chi connectivity index (χ4v) is 3.44. The number of carbonyl (C=O) groups is 5. The number of amides is 3. The van der Waals surface area contributed by atoms with E-state index in [-0.39, 0.29) is 25.8 Å². The molecule has 0 aliphatic carbocycles. The van der Waals surface area contributed by atoms with E-state index >= 15 is 0 Å². The summed E-state index contributed by atoms with van der Waals surface area (Å²) in [7, 11) is 0. The Hall–Kier alpha value is -4.25. The average molecular weight is 499 g/mol. The summed E-state index contributed by atoms with van der Waals surface area (Å²) in [6, 6.07) is 14.0. The lowest BCUT2D eigenvalue weighted by Gasteiger charge is -2.24. The van der Waals surface area contributed by atoms with Crippen molar-refractivity contribution < 1.29 is 34.2 Å². The molecule has 192 valence electrons. The molecule has 0 bridgehead atoms. The second kappa shape index (κ2) is 14.2. The number of carboxylic acids is 2. The molecule has 0 saturated heterocycles. The number of rotatable bonds is 14. The van der Waals surface area contributed by atoms with Crippen molar-refractivity contribution in [3.63, 3.8) is 0 Å². The molecule has 0 fully saturated rings. The summed E-state index contributed by atoms with van der Waals surface area (Å²) in [5.41, 5.74) is 6.85. The van der Waals surface area contributed by atoms with Gasteiger partial charge in [-0.1, -0.05) is 60.7 Å². The molecule has 11 nitrogen and oxygen atoms in total. The van der Waals surface area contributed by atoms with Gasteiger partial charge in [-0.15, -0.1) is 0 Å². The molecular weight excluding hydrogens is 468 g/mol. The molecule has 36 heavy (non-hydrogen) atoms. The van der Waals surface area contributed by atoms with Crippen LogP contribution < -0.4 is 21.7 Å². The molecule has 3 atom stereocenters. The SMILES string of the molecule is NCC(=O)NC(Cc1ccccc1)C(=O)NC(Cc1ccccc1)C(=O)NC(CCC(=O)O)C(=O)O. The summed E-state index contributed by atoms with van der Waals surface area (Å²) < 4.78 is 0. The molecule has 0 aliphatic rings. The summed E-state index contributed by atoms with van der Waals surface area (Å²) in [6.07, 6.45) is -0.621. The Kier molecular flexibility index (Phi) is 11.1. The fraction of sp³-hybridized carbons (Fsp3) is 0.320. The molecular formula is C25H30N4O7. The average Bonchev–Trinajstić information content (AvgIpc) is 2.86. The van der Waals surface area contributed by atoms with Gasteiger partial charge in [-0.25, -0.2) is 4.79 Å². The third-order valence-corrected chi connectivity index (χ3v) is 5.30. The minimum Gasteiger partial charge on any atom is -0.481 e. The van der Waals surface area contributed by atoms with Crippen LogP contribution in [0.4, 0.5) is 0 Å². The molecule has 0 saturated carbocycles. The van der Waals surface area contributed by atoms with E-state index in [2.05, 4.69) is 16.0 Å². The second-order valence-corrected chi connectivity index (χ2v) is 8.10. The van der Waals surface area contributed by atoms with Crippen molar-refractivity contribution in [2.24, 2.45) is 5.73 Å². The van der Waals surface area contributed by atoms with Crippen LogP contribution >= 0.6 is 0 Å². The number of carboxylic acid groups (broad SMARTS) is 2. The maximum absolute atomic E-state index is 13.2. The van der Waals surface area contributed by atoms with Crippen LogP contribution in [0.15, 0.2) is 60.7 Å². The van der Waals surface area contributed by atoms with Crippen LogP contribution in [0.3, 0.4) is 0 Å². The summed E-state index contributed by atoms with van der Waals surface area (Å²) in [6.45, 7) is -0.337. The number of hydrogen-bond acceptors (Lipinski definition) is 6. The highest BCUT2D eigenvalue weighted by Gasteiger charge is 2.30. The highest BCUT2D eigenvalue weighted by molar-refractivity contribution is 5.94. The number of carbonyl (C=O) groups excluding carboxylic acids is 3. The molecule has 0 heterocycles. The lowest BCUT2D eigenvalue weighted by atomic mass is 10.0. The van der Waals surface area contributed by atoms with Gasteiger partial charge >= 0.3 is 11.9 Å². The Morgan fingerprint density at radius 3 is 1.56 bits per heavy atom. The topological polar surface area (TPSA) is 188 Å². The van der Waals surface area contributed by atoms with Crippen LogP contribution in [0.5, 0.6) is 0 Å². The Balaban J connectivity index is 2.24. The molecule has 0 radical (unpaired) electrons. The van der Waals surface area contributed by atoms with Crippen LogP contribution in [0.25, 0.3) is 0 Å². The van der Waals surface area contributed by atoms with Gasteiger partial charge in [-0.05, 0) is 17.5 Å². The van der Waals surface area contributed by atoms with Crippen molar-refractivity contribution in [3.8, 4) is 0 Å². The normalized spacial score (nSPS) is 13.0. The summed E-state index contributed by atoms with van der Waals surface area (Å²) in [5.74, 6) is -4.62. The predicted octanol–water partition coefficient (Wildman–Crippen LogP) is -0.166. The monoisotopic (exact) mass is 498 g/mol. The van der Waals surface area contributed by atoms with Gasteiger partial charge in [-0.2, -0.15) is 0 Å². The highest BCUT2D eigenvalue weighted by atomic mass is 16.4. The number of aliphatic carboxylic acids is 2. The van der Waals surface area contributed by atoms with Crippen LogP contribution in [-0.4, -0.2) is 64.5 Å². The number of hydrogen-bond donors (Lipinski definition) is 6. The first-order chi connectivity index (χ1) is 17.2. The molecule has 0 aliphatic heterocycles. The van der Waals surface area contributed by atoms with Gasteiger partial charge in [0.2, 0.25) is 17.7 Å². The highest BCUT2D eigenvalue weighted by Crippen LogP contribution is 2.08. The van der Waals surface area contributed by atoms with Gasteiger partial charge in [0.25, 0.3) is 0 Å². The van der Waals surface area contributed by atoms with Gasteiger partial charge in [-0.3, -0.25) is 19.2 Å².